The molecule has 0 radical (unpaired) electrons. The third-order valence-electron chi connectivity index (χ3n) is 11.8. The Balaban J connectivity index is 0.000000267. The molecule has 4 aromatic carbocycles. The van der Waals surface area contributed by atoms with Gasteiger partial charge >= 0.3 is 12.2 Å². The number of hydrogen-bond acceptors (Lipinski definition) is 10. The zero-order valence-corrected chi connectivity index (χ0v) is 42.6. The molecule has 6 rings (SSSR count). The summed E-state index contributed by atoms with van der Waals surface area (Å²) in [5, 5.41) is 44.8. The van der Waals surface area contributed by atoms with Crippen LogP contribution in [0.5, 0.6) is 0 Å². The molecule has 0 saturated carbocycles. The van der Waals surface area contributed by atoms with Crippen molar-refractivity contribution in [2.24, 2.45) is 10.8 Å². The Bertz CT molecular complexity index is 2400. The second-order valence-corrected chi connectivity index (χ2v) is 19.9. The van der Waals surface area contributed by atoms with Gasteiger partial charge in [0, 0.05) is 23.0 Å². The second kappa shape index (κ2) is 26.8. The number of aromatic nitrogens is 4. The fraction of sp³-hybridized carbons (Fsp3) is 0.393. The molecule has 2 aromatic heterocycles. The molecule has 4 amide bonds. The minimum atomic E-state index is -1.46. The Hall–Kier alpha value is -7.30. The first-order chi connectivity index (χ1) is 34.4. The number of nitrogens with one attached hydrogen (secondary N) is 6. The van der Waals surface area contributed by atoms with E-state index < -0.39 is 71.3 Å². The molecule has 2 heterocycles. The van der Waals surface area contributed by atoms with Gasteiger partial charge in [-0.1, -0.05) is 178 Å². The maximum atomic E-state index is 13.1. The molecule has 0 spiro atoms. The van der Waals surface area contributed by atoms with Gasteiger partial charge in [-0.15, -0.1) is 0 Å². The molecular formula is C56H72N8O8. The lowest BCUT2D eigenvalue weighted by Gasteiger charge is -2.32. The van der Waals surface area contributed by atoms with Gasteiger partial charge in [0.15, 0.2) is 12.2 Å². The highest BCUT2D eigenvalue weighted by Crippen LogP contribution is 2.39. The standard InChI is InChI=1S/2C28H36N4O4/c2*1-5-6-15-22(24(33)26(34)31-23-16-17-29-32-23)30-27(35)36-25(28(2,3)4)21-14-10-13-20(18-21)19-11-8-7-9-12-19/h2*7-14,16-18,22,24-25,33H,5-6,15H2,1-4H3,(H,30,35)(H2,29,31,32,34)/t22-,24+,25-;22-,24-,25-/m00/s1. The number of aliphatic hydroxyl groups is 2. The summed E-state index contributed by atoms with van der Waals surface area (Å²) in [6, 6.07) is 37.4. The summed E-state index contributed by atoms with van der Waals surface area (Å²) < 4.78 is 11.9. The number of rotatable bonds is 20. The maximum absolute atomic E-state index is 13.1. The lowest BCUT2D eigenvalue weighted by atomic mass is 9.83. The number of ether oxygens (including phenoxy) is 2. The number of amides is 4. The summed E-state index contributed by atoms with van der Waals surface area (Å²) in [5.41, 5.74) is 5.12. The van der Waals surface area contributed by atoms with Crippen molar-refractivity contribution in [2.45, 2.75) is 130 Å². The van der Waals surface area contributed by atoms with Crippen LogP contribution in [-0.4, -0.2) is 78.9 Å². The molecule has 0 bridgehead atoms. The first-order valence-corrected chi connectivity index (χ1v) is 24.6. The Kier molecular flexibility index (Phi) is 20.7. The molecule has 0 saturated heterocycles. The normalized spacial score (nSPS) is 13.9. The van der Waals surface area contributed by atoms with Gasteiger partial charge in [-0.3, -0.25) is 19.8 Å². The van der Waals surface area contributed by atoms with E-state index in [1.54, 1.807) is 12.1 Å². The smallest absolute Gasteiger partial charge is 0.408 e. The first-order valence-electron chi connectivity index (χ1n) is 24.6. The topological polar surface area (TPSA) is 233 Å². The number of H-pyrrole nitrogens is 2. The zero-order chi connectivity index (χ0) is 52.3. The maximum Gasteiger partial charge on any atom is 0.408 e. The number of nitrogens with zero attached hydrogens (tertiary/aromatic N) is 2. The number of hydrogen-bond donors (Lipinski definition) is 8. The van der Waals surface area contributed by atoms with Gasteiger partial charge in [-0.2, -0.15) is 10.2 Å². The summed E-state index contributed by atoms with van der Waals surface area (Å²) in [6.07, 6.45) is 1.58. The number of carbonyl (C=O) groups is 4. The van der Waals surface area contributed by atoms with Gasteiger partial charge in [0.25, 0.3) is 11.8 Å². The highest BCUT2D eigenvalue weighted by Gasteiger charge is 2.35. The molecule has 72 heavy (non-hydrogen) atoms. The van der Waals surface area contributed by atoms with Crippen LogP contribution in [0.15, 0.2) is 134 Å². The molecule has 0 unspecified atom stereocenters. The minimum Gasteiger partial charge on any atom is -0.441 e. The molecule has 6 atom stereocenters. The number of aliphatic hydroxyl groups excluding tert-OH is 2. The molecule has 0 fully saturated rings. The summed E-state index contributed by atoms with van der Waals surface area (Å²) in [4.78, 5) is 51.2. The Labute approximate surface area is 423 Å². The van der Waals surface area contributed by atoms with E-state index in [0.29, 0.717) is 24.5 Å². The van der Waals surface area contributed by atoms with Gasteiger partial charge in [0.2, 0.25) is 0 Å². The van der Waals surface area contributed by atoms with Crippen LogP contribution >= 0.6 is 0 Å². The molecule has 0 aliphatic carbocycles. The van der Waals surface area contributed by atoms with E-state index in [4.69, 9.17) is 9.47 Å². The predicted molar refractivity (Wildman–Crippen MR) is 280 cm³/mol. The molecule has 8 N–H and O–H groups in total. The van der Waals surface area contributed by atoms with Crippen molar-refractivity contribution >= 4 is 35.6 Å². The third-order valence-corrected chi connectivity index (χ3v) is 11.8. The van der Waals surface area contributed by atoms with Crippen molar-refractivity contribution in [1.29, 1.82) is 0 Å². The van der Waals surface area contributed by atoms with Crippen molar-refractivity contribution in [1.82, 2.24) is 31.0 Å². The number of unbranched alkanes of at least 4 members (excludes halogenated alkanes) is 2. The van der Waals surface area contributed by atoms with Crippen LogP contribution in [0.25, 0.3) is 22.3 Å². The van der Waals surface area contributed by atoms with E-state index in [0.717, 1.165) is 59.1 Å². The van der Waals surface area contributed by atoms with Crippen LogP contribution in [0.1, 0.15) is 117 Å². The van der Waals surface area contributed by atoms with E-state index in [1.807, 2.05) is 165 Å². The lowest BCUT2D eigenvalue weighted by molar-refractivity contribution is -0.126. The van der Waals surface area contributed by atoms with Gasteiger partial charge < -0.3 is 41.0 Å². The monoisotopic (exact) mass is 985 g/mol. The van der Waals surface area contributed by atoms with Crippen molar-refractivity contribution in [2.75, 3.05) is 10.6 Å². The van der Waals surface area contributed by atoms with E-state index in [-0.39, 0.29) is 0 Å². The molecule has 16 nitrogen and oxygen atoms in total. The van der Waals surface area contributed by atoms with E-state index in [1.165, 1.54) is 12.4 Å². The Morgan fingerprint density at radius 3 is 1.21 bits per heavy atom. The molecular weight excluding hydrogens is 913 g/mol. The number of aromatic amines is 2. The van der Waals surface area contributed by atoms with E-state index in [2.05, 4.69) is 41.7 Å². The van der Waals surface area contributed by atoms with E-state index >= 15 is 0 Å². The quantitative estimate of drug-likeness (QED) is 0.0360. The third kappa shape index (κ3) is 16.9. The molecule has 0 aliphatic heterocycles. The number of carbonyl (C=O) groups excluding carboxylic acids is 4. The van der Waals surface area contributed by atoms with Crippen LogP contribution < -0.4 is 21.3 Å². The fourth-order valence-electron chi connectivity index (χ4n) is 7.99. The summed E-state index contributed by atoms with van der Waals surface area (Å²) in [7, 11) is 0. The fourth-order valence-corrected chi connectivity index (χ4v) is 7.99. The first kappa shape index (κ1) is 55.6. The van der Waals surface area contributed by atoms with Crippen LogP contribution in [0.4, 0.5) is 21.2 Å². The van der Waals surface area contributed by atoms with Crippen molar-refractivity contribution < 1.29 is 38.9 Å². The number of anilines is 2. The van der Waals surface area contributed by atoms with Crippen LogP contribution in [0.3, 0.4) is 0 Å². The number of benzene rings is 4. The van der Waals surface area contributed by atoms with Crippen LogP contribution in [-0.2, 0) is 19.1 Å². The minimum absolute atomic E-state index is 0.363. The van der Waals surface area contributed by atoms with Gasteiger partial charge in [0.1, 0.15) is 23.8 Å². The summed E-state index contributed by atoms with van der Waals surface area (Å²) in [6.45, 7) is 16.0. The van der Waals surface area contributed by atoms with Gasteiger partial charge in [-0.25, -0.2) is 9.59 Å². The average molecular weight is 985 g/mol. The molecule has 384 valence electrons. The Morgan fingerprint density at radius 1 is 0.528 bits per heavy atom. The van der Waals surface area contributed by atoms with Crippen molar-refractivity contribution in [3.63, 3.8) is 0 Å². The van der Waals surface area contributed by atoms with E-state index in [9.17, 15) is 29.4 Å². The molecule has 0 aliphatic rings. The van der Waals surface area contributed by atoms with Crippen molar-refractivity contribution in [3.05, 3.63) is 145 Å². The SMILES string of the molecule is CCCC[C@H](NC(=O)O[C@@H](c1cccc(-c2ccccc2)c1)C(C)(C)C)[C@@H](O)C(=O)Nc1ccn[nH]1.CCCC[C@H](NC(=O)O[C@@H](c1cccc(-c2ccccc2)c1)C(C)(C)C)[C@H](O)C(=O)Nc1ccn[nH]1. The molecule has 16 heteroatoms. The van der Waals surface area contributed by atoms with Crippen molar-refractivity contribution in [3.8, 4) is 22.3 Å². The molecule has 6 aromatic rings. The van der Waals surface area contributed by atoms with Gasteiger partial charge in [-0.05, 0) is 58.4 Å². The number of alkyl carbamates (subject to hydrolysis) is 2. The average Bonchev–Trinajstić information content (AvgIpc) is 4.10. The van der Waals surface area contributed by atoms with Crippen LogP contribution in [0, 0.1) is 10.8 Å². The largest absolute Gasteiger partial charge is 0.441 e. The lowest BCUT2D eigenvalue weighted by Crippen LogP contribution is -2.49. The highest BCUT2D eigenvalue weighted by molar-refractivity contribution is 5.94. The van der Waals surface area contributed by atoms with Gasteiger partial charge in [0.05, 0.1) is 24.5 Å². The highest BCUT2D eigenvalue weighted by atomic mass is 16.6. The second-order valence-electron chi connectivity index (χ2n) is 19.9. The predicted octanol–water partition coefficient (Wildman–Crippen LogP) is 10.9. The van der Waals surface area contributed by atoms with Crippen LogP contribution in [0.2, 0.25) is 0 Å². The summed E-state index contributed by atoms with van der Waals surface area (Å²) in [5.74, 6) is -0.545. The zero-order valence-electron chi connectivity index (χ0n) is 42.6. The Morgan fingerprint density at radius 2 is 0.889 bits per heavy atom. The summed E-state index contributed by atoms with van der Waals surface area (Å²) >= 11 is 0.